The van der Waals surface area contributed by atoms with E-state index >= 15 is 0 Å². The van der Waals surface area contributed by atoms with Gasteiger partial charge in [-0.1, -0.05) is 0 Å². The number of nitrogens with zero attached hydrogens (tertiary/aromatic N) is 2. The Morgan fingerprint density at radius 1 is 1.47 bits per heavy atom. The van der Waals surface area contributed by atoms with Crippen molar-refractivity contribution in [1.82, 2.24) is 9.55 Å². The molecular weight excluding hydrogens is 307 g/mol. The average molecular weight is 315 g/mol. The minimum Gasteiger partial charge on any atom is -0.545 e. The Morgan fingerprint density at radius 3 is 3.00 bits per heavy atom. The van der Waals surface area contributed by atoms with Crippen molar-refractivity contribution in [3.05, 3.63) is 34.7 Å². The third kappa shape index (κ3) is 2.44. The number of imidazole rings is 1. The van der Waals surface area contributed by atoms with Crippen molar-refractivity contribution < 1.29 is 33.5 Å². The maximum absolute atomic E-state index is 11.0. The van der Waals surface area contributed by atoms with Crippen molar-refractivity contribution in [1.29, 1.82) is 0 Å². The molecule has 0 bridgehead atoms. The topological polar surface area (TPSA) is 67.2 Å². The van der Waals surface area contributed by atoms with E-state index in [9.17, 15) is 9.90 Å². The number of aromatic carboxylic acids is 1. The van der Waals surface area contributed by atoms with Crippen molar-refractivity contribution in [2.75, 3.05) is 6.61 Å². The summed E-state index contributed by atoms with van der Waals surface area (Å²) in [6, 6.07) is 3.04. The van der Waals surface area contributed by atoms with Crippen LogP contribution < -0.4 is 28.7 Å². The molecule has 5 nitrogen and oxygen atoms in total. The van der Waals surface area contributed by atoms with Crippen LogP contribution in [0.5, 0.6) is 5.75 Å². The van der Waals surface area contributed by atoms with Gasteiger partial charge in [-0.15, -0.1) is 0 Å². The zero-order valence-corrected chi connectivity index (χ0v) is 11.8. The van der Waals surface area contributed by atoms with Gasteiger partial charge in [0.2, 0.25) is 0 Å². The molecule has 2 heterocycles. The van der Waals surface area contributed by atoms with E-state index in [4.69, 9.17) is 4.74 Å². The second kappa shape index (κ2) is 5.41. The number of carbonyl (C=O) groups excluding carboxylic acids is 1. The van der Waals surface area contributed by atoms with Crippen LogP contribution in [0, 0.1) is 0 Å². The van der Waals surface area contributed by atoms with Crippen LogP contribution in [0.4, 0.5) is 0 Å². The predicted molar refractivity (Wildman–Crippen MR) is 65.2 cm³/mol. The molecule has 1 aromatic heterocycles. The SMILES string of the molecule is O=C([O-])c1cc(Br)c2c(c1)-c1cncn1CCO2.[Li+]. The number of fused-ring (bicyclic) bond motifs is 3. The first-order chi connectivity index (χ1) is 8.66. The number of rotatable bonds is 1. The van der Waals surface area contributed by atoms with E-state index in [0.717, 1.165) is 5.69 Å². The molecule has 0 fully saturated rings. The van der Waals surface area contributed by atoms with Gasteiger partial charge in [-0.2, -0.15) is 0 Å². The number of halogens is 1. The molecule has 1 aromatic carbocycles. The Bertz CT molecular complexity index is 642. The largest absolute Gasteiger partial charge is 1.00 e. The second-order valence-corrected chi connectivity index (χ2v) is 4.80. The number of carboxylic acid groups (broad SMARTS) is 1. The summed E-state index contributed by atoms with van der Waals surface area (Å²) in [5.41, 5.74) is 1.66. The molecule has 1 aliphatic heterocycles. The van der Waals surface area contributed by atoms with Crippen molar-refractivity contribution >= 4 is 21.9 Å². The number of benzene rings is 1. The first-order valence-corrected chi connectivity index (χ1v) is 6.14. The van der Waals surface area contributed by atoms with Gasteiger partial charge in [-0.05, 0) is 33.6 Å². The molecular formula is C12H8BrLiN2O3. The van der Waals surface area contributed by atoms with E-state index in [-0.39, 0.29) is 24.4 Å². The van der Waals surface area contributed by atoms with Crippen molar-refractivity contribution in [3.63, 3.8) is 0 Å². The van der Waals surface area contributed by atoms with Crippen LogP contribution in [0.3, 0.4) is 0 Å². The molecule has 92 valence electrons. The van der Waals surface area contributed by atoms with Gasteiger partial charge in [0, 0.05) is 5.56 Å². The minimum atomic E-state index is -1.21. The van der Waals surface area contributed by atoms with Gasteiger partial charge in [-0.3, -0.25) is 0 Å². The fourth-order valence-corrected chi connectivity index (χ4v) is 2.59. The molecule has 0 aliphatic carbocycles. The zero-order valence-electron chi connectivity index (χ0n) is 10.2. The van der Waals surface area contributed by atoms with E-state index in [1.807, 2.05) is 4.57 Å². The number of carbonyl (C=O) groups is 1. The smallest absolute Gasteiger partial charge is 0.545 e. The molecule has 0 radical (unpaired) electrons. The van der Waals surface area contributed by atoms with Gasteiger partial charge in [0.15, 0.2) is 0 Å². The van der Waals surface area contributed by atoms with E-state index < -0.39 is 5.97 Å². The number of ether oxygens (including phenoxy) is 1. The van der Waals surface area contributed by atoms with E-state index in [2.05, 4.69) is 20.9 Å². The van der Waals surface area contributed by atoms with E-state index in [1.165, 1.54) is 6.07 Å². The van der Waals surface area contributed by atoms with Crippen molar-refractivity contribution in [2.45, 2.75) is 6.54 Å². The maximum Gasteiger partial charge on any atom is 1.00 e. The Kier molecular flexibility index (Phi) is 4.04. The summed E-state index contributed by atoms with van der Waals surface area (Å²) in [5.74, 6) is -0.576. The summed E-state index contributed by atoms with van der Waals surface area (Å²) in [6.45, 7) is 1.19. The molecule has 0 spiro atoms. The predicted octanol–water partition coefficient (Wildman–Crippen LogP) is -1.93. The molecule has 7 heteroatoms. The number of hydrogen-bond donors (Lipinski definition) is 0. The molecule has 0 unspecified atom stereocenters. The summed E-state index contributed by atoms with van der Waals surface area (Å²) in [6.07, 6.45) is 3.40. The molecule has 0 saturated carbocycles. The standard InChI is InChI=1S/C12H9BrN2O3.Li/c13-9-4-7(12(16)17)3-8-10-5-14-6-15(10)1-2-18-11(8)9;/h3-6H,1-2H2,(H,16,17);/q;+1/p-1. The Labute approximate surface area is 129 Å². The van der Waals surface area contributed by atoms with Crippen molar-refractivity contribution in [2.24, 2.45) is 0 Å². The summed E-state index contributed by atoms with van der Waals surface area (Å²) in [7, 11) is 0. The fourth-order valence-electron chi connectivity index (χ4n) is 2.02. The number of carboxylic acids is 1. The van der Waals surface area contributed by atoms with E-state index in [1.54, 1.807) is 18.6 Å². The minimum absolute atomic E-state index is 0. The van der Waals surface area contributed by atoms with Crippen LogP contribution in [0.2, 0.25) is 0 Å². The summed E-state index contributed by atoms with van der Waals surface area (Å²) < 4.78 is 8.18. The monoisotopic (exact) mass is 314 g/mol. The van der Waals surface area contributed by atoms with Crippen LogP contribution in [0.25, 0.3) is 11.3 Å². The third-order valence-electron chi connectivity index (χ3n) is 2.85. The van der Waals surface area contributed by atoms with Gasteiger partial charge >= 0.3 is 18.9 Å². The zero-order chi connectivity index (χ0) is 12.7. The fraction of sp³-hybridized carbons (Fsp3) is 0.167. The van der Waals surface area contributed by atoms with Gasteiger partial charge in [-0.25, -0.2) is 4.98 Å². The van der Waals surface area contributed by atoms with Crippen LogP contribution in [0.15, 0.2) is 29.1 Å². The Morgan fingerprint density at radius 2 is 2.26 bits per heavy atom. The summed E-state index contributed by atoms with van der Waals surface area (Å²) in [4.78, 5) is 15.1. The van der Waals surface area contributed by atoms with Crippen molar-refractivity contribution in [3.8, 4) is 17.0 Å². The molecule has 0 N–H and O–H groups in total. The first-order valence-electron chi connectivity index (χ1n) is 5.35. The third-order valence-corrected chi connectivity index (χ3v) is 3.44. The summed E-state index contributed by atoms with van der Waals surface area (Å²) in [5, 5.41) is 11.0. The first kappa shape index (κ1) is 14.2. The van der Waals surface area contributed by atoms with Crippen LogP contribution in [0.1, 0.15) is 10.4 Å². The molecule has 0 atom stereocenters. The number of aromatic nitrogens is 2. The van der Waals surface area contributed by atoms with Gasteiger partial charge < -0.3 is 19.2 Å². The van der Waals surface area contributed by atoms with Gasteiger partial charge in [0.05, 0.1) is 35.2 Å². The van der Waals surface area contributed by atoms with Crippen LogP contribution >= 0.6 is 15.9 Å². The average Bonchev–Trinajstić information content (AvgIpc) is 2.72. The Hall–Kier alpha value is -1.22. The van der Waals surface area contributed by atoms with Gasteiger partial charge in [0.1, 0.15) is 12.4 Å². The molecule has 0 saturated heterocycles. The van der Waals surface area contributed by atoms with Gasteiger partial charge in [0.25, 0.3) is 0 Å². The molecule has 0 amide bonds. The van der Waals surface area contributed by atoms with Crippen LogP contribution in [-0.4, -0.2) is 22.1 Å². The molecule has 1 aliphatic rings. The maximum atomic E-state index is 11.0. The van der Waals surface area contributed by atoms with Crippen LogP contribution in [-0.2, 0) is 6.54 Å². The quantitative estimate of drug-likeness (QED) is 0.575. The normalized spacial score (nSPS) is 12.5. The summed E-state index contributed by atoms with van der Waals surface area (Å²) >= 11 is 3.33. The Balaban J connectivity index is 0.00000133. The molecule has 2 aromatic rings. The van der Waals surface area contributed by atoms with E-state index in [0.29, 0.717) is 28.9 Å². The second-order valence-electron chi connectivity index (χ2n) is 3.94. The number of hydrogen-bond acceptors (Lipinski definition) is 4. The molecule has 19 heavy (non-hydrogen) atoms. The molecule has 3 rings (SSSR count).